The van der Waals surface area contributed by atoms with Crippen LogP contribution in [-0.4, -0.2) is 5.91 Å². The number of carbonyl (C=O) groups is 1. The first-order valence-corrected chi connectivity index (χ1v) is 5.44. The molecule has 0 aliphatic carbocycles. The Labute approximate surface area is 91.5 Å². The van der Waals surface area contributed by atoms with Crippen molar-refractivity contribution in [3.8, 4) is 0 Å². The summed E-state index contributed by atoms with van der Waals surface area (Å²) in [6, 6.07) is 8.44. The fourth-order valence-electron chi connectivity index (χ4n) is 1.58. The summed E-state index contributed by atoms with van der Waals surface area (Å²) >= 11 is 0. The van der Waals surface area contributed by atoms with Crippen LogP contribution in [0.1, 0.15) is 31.4 Å². The zero-order valence-electron chi connectivity index (χ0n) is 9.49. The molecule has 0 bridgehead atoms. The number of hydrogen-bond acceptors (Lipinski definition) is 1. The van der Waals surface area contributed by atoms with Gasteiger partial charge in [0.2, 0.25) is 5.91 Å². The van der Waals surface area contributed by atoms with Gasteiger partial charge in [0.25, 0.3) is 0 Å². The predicted octanol–water partition coefficient (Wildman–Crippen LogP) is 2.30. The minimum atomic E-state index is -0.235. The molecule has 1 aromatic rings. The van der Waals surface area contributed by atoms with Gasteiger partial charge in [-0.05, 0) is 29.9 Å². The Morgan fingerprint density at radius 2 is 1.73 bits per heavy atom. The first-order chi connectivity index (χ1) is 7.08. The van der Waals surface area contributed by atoms with Crippen LogP contribution >= 0.6 is 0 Å². The largest absolute Gasteiger partial charge is 0.370 e. The first-order valence-electron chi connectivity index (χ1n) is 5.44. The van der Waals surface area contributed by atoms with Crippen molar-refractivity contribution in [1.82, 2.24) is 0 Å². The number of benzene rings is 1. The molecule has 0 saturated heterocycles. The van der Waals surface area contributed by atoms with E-state index in [1.165, 1.54) is 11.1 Å². The summed E-state index contributed by atoms with van der Waals surface area (Å²) in [6.45, 7) is 4.42. The Morgan fingerprint density at radius 3 is 2.20 bits per heavy atom. The van der Waals surface area contributed by atoms with E-state index in [9.17, 15) is 4.79 Å². The van der Waals surface area contributed by atoms with Gasteiger partial charge in [0.15, 0.2) is 0 Å². The standard InChI is InChI=1S/C13H19NO/c1-10(2)9-12-5-3-11(4-6-12)7-8-13(14)15/h3-6,10H,7-9H2,1-2H3,(H2,14,15). The molecule has 0 heterocycles. The van der Waals surface area contributed by atoms with E-state index in [1.54, 1.807) is 0 Å². The van der Waals surface area contributed by atoms with Gasteiger partial charge in [-0.3, -0.25) is 4.79 Å². The highest BCUT2D eigenvalue weighted by atomic mass is 16.1. The maximum atomic E-state index is 10.6. The van der Waals surface area contributed by atoms with E-state index in [2.05, 4.69) is 38.1 Å². The molecule has 0 atom stereocenters. The lowest BCUT2D eigenvalue weighted by molar-refractivity contribution is -0.117. The molecule has 15 heavy (non-hydrogen) atoms. The lowest BCUT2D eigenvalue weighted by Gasteiger charge is -2.05. The highest BCUT2D eigenvalue weighted by molar-refractivity contribution is 5.73. The summed E-state index contributed by atoms with van der Waals surface area (Å²) in [5.41, 5.74) is 7.63. The van der Waals surface area contributed by atoms with Crippen molar-refractivity contribution in [3.05, 3.63) is 35.4 Å². The molecule has 2 nitrogen and oxygen atoms in total. The third-order valence-corrected chi connectivity index (χ3v) is 2.33. The number of amides is 1. The second kappa shape index (κ2) is 5.54. The van der Waals surface area contributed by atoms with Crippen molar-refractivity contribution >= 4 is 5.91 Å². The second-order valence-electron chi connectivity index (χ2n) is 4.38. The summed E-state index contributed by atoms with van der Waals surface area (Å²) in [6.07, 6.45) is 2.29. The summed E-state index contributed by atoms with van der Waals surface area (Å²) in [7, 11) is 0. The van der Waals surface area contributed by atoms with Gasteiger partial charge >= 0.3 is 0 Å². The van der Waals surface area contributed by atoms with Crippen LogP contribution in [0.4, 0.5) is 0 Å². The Hall–Kier alpha value is -1.31. The van der Waals surface area contributed by atoms with Crippen LogP contribution in [0.25, 0.3) is 0 Å². The zero-order valence-corrected chi connectivity index (χ0v) is 9.49. The number of hydrogen-bond donors (Lipinski definition) is 1. The lowest BCUT2D eigenvalue weighted by atomic mass is 10.0. The number of nitrogens with two attached hydrogens (primary N) is 1. The van der Waals surface area contributed by atoms with Crippen LogP contribution in [-0.2, 0) is 17.6 Å². The minimum Gasteiger partial charge on any atom is -0.370 e. The van der Waals surface area contributed by atoms with Gasteiger partial charge in [-0.15, -0.1) is 0 Å². The molecule has 2 heteroatoms. The Morgan fingerprint density at radius 1 is 1.20 bits per heavy atom. The number of carbonyl (C=O) groups excluding carboxylic acids is 1. The van der Waals surface area contributed by atoms with Crippen molar-refractivity contribution < 1.29 is 4.79 Å². The molecule has 0 aromatic heterocycles. The average Bonchev–Trinajstić information content (AvgIpc) is 2.16. The summed E-state index contributed by atoms with van der Waals surface area (Å²) in [4.78, 5) is 10.6. The van der Waals surface area contributed by atoms with Gasteiger partial charge in [-0.2, -0.15) is 0 Å². The molecular formula is C13H19NO. The molecule has 82 valence electrons. The fourth-order valence-corrected chi connectivity index (χ4v) is 1.58. The lowest BCUT2D eigenvalue weighted by Crippen LogP contribution is -2.11. The summed E-state index contributed by atoms with van der Waals surface area (Å²) < 4.78 is 0. The van der Waals surface area contributed by atoms with Crippen LogP contribution in [0.2, 0.25) is 0 Å². The molecule has 0 saturated carbocycles. The van der Waals surface area contributed by atoms with E-state index >= 15 is 0 Å². The van der Waals surface area contributed by atoms with Gasteiger partial charge in [0, 0.05) is 6.42 Å². The highest BCUT2D eigenvalue weighted by Gasteiger charge is 1.99. The van der Waals surface area contributed by atoms with Crippen LogP contribution in [0.3, 0.4) is 0 Å². The van der Waals surface area contributed by atoms with Gasteiger partial charge in [0.05, 0.1) is 0 Å². The average molecular weight is 205 g/mol. The molecule has 1 aromatic carbocycles. The molecule has 0 aliphatic heterocycles. The highest BCUT2D eigenvalue weighted by Crippen LogP contribution is 2.10. The van der Waals surface area contributed by atoms with E-state index < -0.39 is 0 Å². The van der Waals surface area contributed by atoms with Crippen LogP contribution in [0, 0.1) is 5.92 Å². The van der Waals surface area contributed by atoms with Gasteiger partial charge in [0.1, 0.15) is 0 Å². The van der Waals surface area contributed by atoms with E-state index in [1.807, 2.05) is 0 Å². The smallest absolute Gasteiger partial charge is 0.217 e. The fraction of sp³-hybridized carbons (Fsp3) is 0.462. The van der Waals surface area contributed by atoms with Crippen molar-refractivity contribution in [2.75, 3.05) is 0 Å². The van der Waals surface area contributed by atoms with Gasteiger partial charge < -0.3 is 5.73 Å². The Bertz CT molecular complexity index is 314. The first kappa shape index (κ1) is 11.8. The quantitative estimate of drug-likeness (QED) is 0.787. The zero-order chi connectivity index (χ0) is 11.3. The molecular weight excluding hydrogens is 186 g/mol. The van der Waals surface area contributed by atoms with Crippen molar-refractivity contribution in [3.63, 3.8) is 0 Å². The number of rotatable bonds is 5. The second-order valence-corrected chi connectivity index (χ2v) is 4.38. The SMILES string of the molecule is CC(C)Cc1ccc(CCC(N)=O)cc1. The maximum Gasteiger partial charge on any atom is 0.217 e. The third kappa shape index (κ3) is 4.63. The van der Waals surface area contributed by atoms with Crippen LogP contribution in [0.5, 0.6) is 0 Å². The normalized spacial score (nSPS) is 10.6. The van der Waals surface area contributed by atoms with Crippen LogP contribution in [0.15, 0.2) is 24.3 Å². The minimum absolute atomic E-state index is 0.235. The van der Waals surface area contributed by atoms with Crippen molar-refractivity contribution in [2.24, 2.45) is 11.7 Å². The molecule has 0 radical (unpaired) electrons. The maximum absolute atomic E-state index is 10.6. The summed E-state index contributed by atoms with van der Waals surface area (Å²) in [5.74, 6) is 0.447. The Kier molecular flexibility index (Phi) is 4.35. The molecule has 0 unspecified atom stereocenters. The Balaban J connectivity index is 2.52. The molecule has 2 N–H and O–H groups in total. The number of primary amides is 1. The van der Waals surface area contributed by atoms with E-state index in [-0.39, 0.29) is 5.91 Å². The van der Waals surface area contributed by atoms with Gasteiger partial charge in [-0.1, -0.05) is 38.1 Å². The molecule has 0 fully saturated rings. The predicted molar refractivity (Wildman–Crippen MR) is 62.5 cm³/mol. The molecule has 1 amide bonds. The topological polar surface area (TPSA) is 43.1 Å². The van der Waals surface area contributed by atoms with Gasteiger partial charge in [-0.25, -0.2) is 0 Å². The monoisotopic (exact) mass is 205 g/mol. The number of aryl methyl sites for hydroxylation is 1. The van der Waals surface area contributed by atoms with E-state index in [4.69, 9.17) is 5.73 Å². The van der Waals surface area contributed by atoms with Crippen LogP contribution < -0.4 is 5.73 Å². The summed E-state index contributed by atoms with van der Waals surface area (Å²) in [5, 5.41) is 0. The van der Waals surface area contributed by atoms with E-state index in [0.29, 0.717) is 12.3 Å². The third-order valence-electron chi connectivity index (χ3n) is 2.33. The van der Waals surface area contributed by atoms with E-state index in [0.717, 1.165) is 12.8 Å². The van der Waals surface area contributed by atoms with Crippen molar-refractivity contribution in [1.29, 1.82) is 0 Å². The van der Waals surface area contributed by atoms with Crippen molar-refractivity contribution in [2.45, 2.75) is 33.1 Å². The molecule has 0 aliphatic rings. The molecule has 1 rings (SSSR count). The molecule has 0 spiro atoms.